The summed E-state index contributed by atoms with van der Waals surface area (Å²) in [5, 5.41) is 9.04. The largest absolute Gasteiger partial charge is 0.481 e. The van der Waals surface area contributed by atoms with Crippen LogP contribution in [0.15, 0.2) is 24.3 Å². The number of nitrogens with zero attached hydrogens (tertiary/aromatic N) is 1. The summed E-state index contributed by atoms with van der Waals surface area (Å²) in [7, 11) is 3.63. The number of benzene rings is 1. The van der Waals surface area contributed by atoms with E-state index in [1.54, 1.807) is 12.1 Å². The molecule has 1 aromatic carbocycles. The van der Waals surface area contributed by atoms with Crippen molar-refractivity contribution >= 4 is 5.97 Å². The molecule has 3 nitrogen and oxygen atoms in total. The monoisotopic (exact) mass is 239 g/mol. The first-order chi connectivity index (χ1) is 7.92. The predicted octanol–water partition coefficient (Wildman–Crippen LogP) is 2.47. The van der Waals surface area contributed by atoms with Gasteiger partial charge < -0.3 is 5.11 Å². The molecule has 0 radical (unpaired) electrons. The molecule has 0 aliphatic rings. The zero-order valence-electron chi connectivity index (χ0n) is 10.4. The Bertz CT molecular complexity index is 406. The Balaban J connectivity index is 3.26. The van der Waals surface area contributed by atoms with E-state index in [9.17, 15) is 9.18 Å². The Morgan fingerprint density at radius 3 is 2.53 bits per heavy atom. The number of hydrogen-bond acceptors (Lipinski definition) is 2. The highest BCUT2D eigenvalue weighted by molar-refractivity contribution is 5.69. The summed E-state index contributed by atoms with van der Waals surface area (Å²) in [6, 6.07) is 6.16. The van der Waals surface area contributed by atoms with E-state index in [0.29, 0.717) is 12.0 Å². The maximum atomic E-state index is 13.3. The predicted molar refractivity (Wildman–Crippen MR) is 64.3 cm³/mol. The van der Waals surface area contributed by atoms with Crippen molar-refractivity contribution in [3.8, 4) is 0 Å². The van der Waals surface area contributed by atoms with Gasteiger partial charge >= 0.3 is 5.97 Å². The van der Waals surface area contributed by atoms with Gasteiger partial charge in [0.05, 0.1) is 12.0 Å². The summed E-state index contributed by atoms with van der Waals surface area (Å²) < 4.78 is 13.3. The molecule has 0 aromatic heterocycles. The van der Waals surface area contributed by atoms with Gasteiger partial charge in [-0.15, -0.1) is 0 Å². The Morgan fingerprint density at radius 2 is 2.12 bits per heavy atom. The molecule has 1 rings (SSSR count). The van der Waals surface area contributed by atoms with E-state index < -0.39 is 11.5 Å². The van der Waals surface area contributed by atoms with Crippen LogP contribution in [0.1, 0.15) is 25.3 Å². The Kier molecular flexibility index (Phi) is 4.23. The van der Waals surface area contributed by atoms with Crippen molar-refractivity contribution in [3.05, 3.63) is 35.6 Å². The summed E-state index contributed by atoms with van der Waals surface area (Å²) in [4.78, 5) is 12.9. The van der Waals surface area contributed by atoms with E-state index in [1.165, 1.54) is 12.1 Å². The standard InChI is InChI=1S/C13H18FNO2/c1-4-13(15(2)3,9-12(16)17)10-6-5-7-11(14)8-10/h5-8H,4,9H2,1-3H3,(H,16,17). The van der Waals surface area contributed by atoms with Gasteiger partial charge in [0.15, 0.2) is 0 Å². The van der Waals surface area contributed by atoms with Crippen LogP contribution in [0, 0.1) is 5.82 Å². The topological polar surface area (TPSA) is 40.5 Å². The molecule has 17 heavy (non-hydrogen) atoms. The first-order valence-electron chi connectivity index (χ1n) is 5.57. The third kappa shape index (κ3) is 2.82. The minimum Gasteiger partial charge on any atom is -0.481 e. The second kappa shape index (κ2) is 5.27. The van der Waals surface area contributed by atoms with Crippen LogP contribution >= 0.6 is 0 Å². The normalized spacial score (nSPS) is 14.6. The Labute approximate surface area is 101 Å². The molecule has 0 bridgehead atoms. The van der Waals surface area contributed by atoms with Gasteiger partial charge in [-0.05, 0) is 38.2 Å². The van der Waals surface area contributed by atoms with Crippen molar-refractivity contribution in [2.75, 3.05) is 14.1 Å². The number of hydrogen-bond donors (Lipinski definition) is 1. The molecule has 0 spiro atoms. The molecule has 0 heterocycles. The van der Waals surface area contributed by atoms with Crippen molar-refractivity contribution in [1.29, 1.82) is 0 Å². The van der Waals surface area contributed by atoms with Crippen LogP contribution < -0.4 is 0 Å². The molecule has 0 aliphatic carbocycles. The highest BCUT2D eigenvalue weighted by Crippen LogP contribution is 2.34. The summed E-state index contributed by atoms with van der Waals surface area (Å²) in [5.41, 5.74) is 0.0425. The minimum absolute atomic E-state index is 0.0417. The fourth-order valence-electron chi connectivity index (χ4n) is 2.19. The molecule has 94 valence electrons. The molecule has 0 amide bonds. The molecule has 0 fully saturated rings. The second-order valence-electron chi connectivity index (χ2n) is 4.36. The fraction of sp³-hybridized carbons (Fsp3) is 0.462. The van der Waals surface area contributed by atoms with Gasteiger partial charge in [-0.25, -0.2) is 4.39 Å². The lowest BCUT2D eigenvalue weighted by atomic mass is 9.83. The molecule has 0 saturated heterocycles. The van der Waals surface area contributed by atoms with E-state index >= 15 is 0 Å². The van der Waals surface area contributed by atoms with Crippen LogP contribution in [-0.2, 0) is 10.3 Å². The van der Waals surface area contributed by atoms with Gasteiger partial charge in [0, 0.05) is 0 Å². The summed E-state index contributed by atoms with van der Waals surface area (Å²) in [5.74, 6) is -1.22. The van der Waals surface area contributed by atoms with E-state index in [4.69, 9.17) is 5.11 Å². The van der Waals surface area contributed by atoms with Gasteiger partial charge in [-0.1, -0.05) is 19.1 Å². The van der Waals surface area contributed by atoms with Crippen molar-refractivity contribution < 1.29 is 14.3 Å². The summed E-state index contributed by atoms with van der Waals surface area (Å²) >= 11 is 0. The van der Waals surface area contributed by atoms with Crippen molar-refractivity contribution in [2.45, 2.75) is 25.3 Å². The maximum Gasteiger partial charge on any atom is 0.305 e. The van der Waals surface area contributed by atoms with Gasteiger partial charge in [0.1, 0.15) is 5.82 Å². The van der Waals surface area contributed by atoms with Crippen LogP contribution in [0.25, 0.3) is 0 Å². The van der Waals surface area contributed by atoms with Gasteiger partial charge in [-0.2, -0.15) is 0 Å². The van der Waals surface area contributed by atoms with Crippen LogP contribution in [0.4, 0.5) is 4.39 Å². The number of halogens is 1. The van der Waals surface area contributed by atoms with E-state index in [1.807, 2.05) is 25.9 Å². The molecule has 1 atom stereocenters. The molecular formula is C13H18FNO2. The quantitative estimate of drug-likeness (QED) is 0.858. The number of aliphatic carboxylic acids is 1. The lowest BCUT2D eigenvalue weighted by molar-refractivity contribution is -0.140. The fourth-order valence-corrected chi connectivity index (χ4v) is 2.19. The average molecular weight is 239 g/mol. The molecule has 0 aliphatic heterocycles. The van der Waals surface area contributed by atoms with Crippen molar-refractivity contribution in [2.24, 2.45) is 0 Å². The van der Waals surface area contributed by atoms with Crippen LogP contribution in [0.2, 0.25) is 0 Å². The van der Waals surface area contributed by atoms with E-state index in [0.717, 1.165) is 0 Å². The number of carboxylic acids is 1. The zero-order chi connectivity index (χ0) is 13.1. The van der Waals surface area contributed by atoms with Crippen LogP contribution in [0.5, 0.6) is 0 Å². The van der Waals surface area contributed by atoms with Gasteiger partial charge in [0.2, 0.25) is 0 Å². The van der Waals surface area contributed by atoms with E-state index in [2.05, 4.69) is 0 Å². The second-order valence-corrected chi connectivity index (χ2v) is 4.36. The van der Waals surface area contributed by atoms with Crippen molar-refractivity contribution in [1.82, 2.24) is 4.90 Å². The first kappa shape index (κ1) is 13.6. The van der Waals surface area contributed by atoms with Crippen molar-refractivity contribution in [3.63, 3.8) is 0 Å². The first-order valence-corrected chi connectivity index (χ1v) is 5.57. The van der Waals surface area contributed by atoms with Gasteiger partial charge in [0.25, 0.3) is 0 Å². The number of rotatable bonds is 5. The van der Waals surface area contributed by atoms with Crippen LogP contribution in [-0.4, -0.2) is 30.1 Å². The molecule has 1 unspecified atom stereocenters. The van der Waals surface area contributed by atoms with Gasteiger partial charge in [-0.3, -0.25) is 9.69 Å². The minimum atomic E-state index is -0.884. The summed E-state index contributed by atoms with van der Waals surface area (Å²) in [6.07, 6.45) is 0.565. The number of carbonyl (C=O) groups is 1. The summed E-state index contributed by atoms with van der Waals surface area (Å²) in [6.45, 7) is 1.91. The average Bonchev–Trinajstić information content (AvgIpc) is 2.25. The highest BCUT2D eigenvalue weighted by Gasteiger charge is 2.35. The third-order valence-electron chi connectivity index (χ3n) is 3.25. The molecule has 1 N–H and O–H groups in total. The Morgan fingerprint density at radius 1 is 1.47 bits per heavy atom. The molecule has 4 heteroatoms. The third-order valence-corrected chi connectivity index (χ3v) is 3.25. The highest BCUT2D eigenvalue weighted by atomic mass is 19.1. The SMILES string of the molecule is CCC(CC(=O)O)(c1cccc(F)c1)N(C)C. The van der Waals surface area contributed by atoms with E-state index in [-0.39, 0.29) is 12.2 Å². The Hall–Kier alpha value is -1.42. The lowest BCUT2D eigenvalue weighted by Crippen LogP contribution is -2.42. The zero-order valence-corrected chi connectivity index (χ0v) is 10.4. The number of carboxylic acid groups (broad SMARTS) is 1. The maximum absolute atomic E-state index is 13.3. The molecular weight excluding hydrogens is 221 g/mol. The molecule has 0 saturated carbocycles. The molecule has 1 aromatic rings. The smallest absolute Gasteiger partial charge is 0.305 e. The lowest BCUT2D eigenvalue weighted by Gasteiger charge is -2.38. The van der Waals surface area contributed by atoms with Crippen LogP contribution in [0.3, 0.4) is 0 Å².